The highest BCUT2D eigenvalue weighted by Crippen LogP contribution is 2.52. The number of hydrogen-bond acceptors (Lipinski definition) is 5. The van der Waals surface area contributed by atoms with Gasteiger partial charge in [-0.25, -0.2) is 9.97 Å². The molecule has 0 saturated carbocycles. The monoisotopic (exact) mass is 614 g/mol. The van der Waals surface area contributed by atoms with Crippen molar-refractivity contribution in [3.63, 3.8) is 0 Å². The topological polar surface area (TPSA) is 59.7 Å². The molecule has 1 aliphatic heterocycles. The second-order valence-electron chi connectivity index (χ2n) is 12.0. The van der Waals surface area contributed by atoms with Crippen LogP contribution in [0.4, 0.5) is 17.2 Å². The van der Waals surface area contributed by atoms with Gasteiger partial charge in [-0.15, -0.1) is 0 Å². The maximum absolute atomic E-state index is 5.06. The quantitative estimate of drug-likeness (QED) is 0.197. The van der Waals surface area contributed by atoms with E-state index in [0.717, 1.165) is 72.8 Å². The third-order valence-corrected chi connectivity index (χ3v) is 9.35. The predicted octanol–water partition coefficient (Wildman–Crippen LogP) is 10.3. The summed E-state index contributed by atoms with van der Waals surface area (Å²) in [5, 5.41) is 4.72. The van der Waals surface area contributed by atoms with Gasteiger partial charge in [0.1, 0.15) is 11.6 Å². The van der Waals surface area contributed by atoms with Gasteiger partial charge in [0.25, 0.3) is 0 Å². The minimum atomic E-state index is 0.850. The Morgan fingerprint density at radius 3 is 2.08 bits per heavy atom. The normalized spacial score (nSPS) is 12.1. The van der Waals surface area contributed by atoms with Gasteiger partial charge in [0, 0.05) is 69.4 Å². The number of benzene rings is 4. The van der Waals surface area contributed by atoms with E-state index in [-0.39, 0.29) is 0 Å². The summed E-state index contributed by atoms with van der Waals surface area (Å²) < 4.78 is 2.27. The molecule has 0 atom stereocenters. The Morgan fingerprint density at radius 1 is 0.458 bits per heavy atom. The molecule has 0 bridgehead atoms. The number of fused-ring (bicyclic) bond motifs is 5. The molecule has 6 heterocycles. The maximum atomic E-state index is 5.06. The van der Waals surface area contributed by atoms with E-state index < -0.39 is 0 Å². The molecule has 0 N–H and O–H groups in total. The van der Waals surface area contributed by atoms with Gasteiger partial charge in [0.2, 0.25) is 0 Å². The first-order chi connectivity index (χ1) is 23.8. The number of nitrogens with zero attached hydrogens (tertiary/aromatic N) is 6. The SMILES string of the molecule is c1ccc(-c2ccc3c(c2)c2cc4c(cc2n3-c2ccccn2)N(c2ccc(-c3cccnc3)cn2)c2cccc3cccc-4c23)nc1. The van der Waals surface area contributed by atoms with E-state index in [4.69, 9.17) is 9.97 Å². The molecule has 0 amide bonds. The maximum Gasteiger partial charge on any atom is 0.137 e. The average Bonchev–Trinajstić information content (AvgIpc) is 3.48. The highest BCUT2D eigenvalue weighted by molar-refractivity contribution is 6.19. The summed E-state index contributed by atoms with van der Waals surface area (Å²) >= 11 is 0. The molecule has 0 spiro atoms. The zero-order chi connectivity index (χ0) is 31.6. The van der Waals surface area contributed by atoms with Crippen molar-refractivity contribution >= 4 is 49.8 Å². The molecule has 0 fully saturated rings. The summed E-state index contributed by atoms with van der Waals surface area (Å²) in [5.41, 5.74) is 10.8. The zero-order valence-corrected chi connectivity index (χ0v) is 25.7. The lowest BCUT2D eigenvalue weighted by atomic mass is 9.90. The number of aromatic nitrogens is 5. The minimum absolute atomic E-state index is 0.850. The second kappa shape index (κ2) is 10.4. The lowest BCUT2D eigenvalue weighted by Crippen LogP contribution is -2.16. The van der Waals surface area contributed by atoms with Crippen LogP contribution >= 0.6 is 0 Å². The van der Waals surface area contributed by atoms with Crippen molar-refractivity contribution < 1.29 is 0 Å². The first-order valence-corrected chi connectivity index (χ1v) is 16.0. The van der Waals surface area contributed by atoms with Crippen molar-refractivity contribution in [3.8, 4) is 39.3 Å². The van der Waals surface area contributed by atoms with Crippen LogP contribution in [0.2, 0.25) is 0 Å². The van der Waals surface area contributed by atoms with E-state index in [9.17, 15) is 0 Å². The van der Waals surface area contributed by atoms with Crippen molar-refractivity contribution in [1.29, 1.82) is 0 Å². The van der Waals surface area contributed by atoms with Crippen molar-refractivity contribution in [2.75, 3.05) is 4.90 Å². The van der Waals surface area contributed by atoms with Crippen LogP contribution in [0, 0.1) is 0 Å². The molecule has 10 rings (SSSR count). The summed E-state index contributed by atoms with van der Waals surface area (Å²) in [4.78, 5) is 21.1. The van der Waals surface area contributed by atoms with E-state index in [1.54, 1.807) is 6.20 Å². The van der Waals surface area contributed by atoms with Crippen LogP contribution in [0.3, 0.4) is 0 Å². The van der Waals surface area contributed by atoms with Crippen LogP contribution in [-0.4, -0.2) is 24.5 Å². The van der Waals surface area contributed by atoms with Crippen LogP contribution in [0.5, 0.6) is 0 Å². The summed E-state index contributed by atoms with van der Waals surface area (Å²) in [6.07, 6.45) is 9.30. The smallest absolute Gasteiger partial charge is 0.137 e. The number of anilines is 3. The van der Waals surface area contributed by atoms with Gasteiger partial charge < -0.3 is 0 Å². The van der Waals surface area contributed by atoms with Gasteiger partial charge in [-0.2, -0.15) is 0 Å². The van der Waals surface area contributed by atoms with Crippen molar-refractivity contribution in [3.05, 3.63) is 158 Å². The Labute approximate surface area is 276 Å². The number of hydrogen-bond donors (Lipinski definition) is 0. The lowest BCUT2D eigenvalue weighted by Gasteiger charge is -2.33. The molecule has 1 aliphatic rings. The molecule has 6 heteroatoms. The fourth-order valence-electron chi connectivity index (χ4n) is 7.21. The van der Waals surface area contributed by atoms with Gasteiger partial charge in [-0.3, -0.25) is 19.4 Å². The highest BCUT2D eigenvalue weighted by atomic mass is 15.2. The fraction of sp³-hybridized carbons (Fsp3) is 0. The molecule has 48 heavy (non-hydrogen) atoms. The van der Waals surface area contributed by atoms with Crippen molar-refractivity contribution in [2.45, 2.75) is 0 Å². The molecule has 0 saturated heterocycles. The molecule has 9 aromatic rings. The highest BCUT2D eigenvalue weighted by Gasteiger charge is 2.29. The summed E-state index contributed by atoms with van der Waals surface area (Å²) in [5.74, 6) is 1.72. The number of pyridine rings is 4. The molecule has 0 aliphatic carbocycles. The Hall–Kier alpha value is -6.66. The third kappa shape index (κ3) is 3.99. The van der Waals surface area contributed by atoms with Gasteiger partial charge in [0.05, 0.1) is 28.1 Å². The molecular weight excluding hydrogens is 589 g/mol. The molecular formula is C42H26N6. The zero-order valence-electron chi connectivity index (χ0n) is 25.7. The van der Waals surface area contributed by atoms with Crippen LogP contribution in [-0.2, 0) is 0 Å². The van der Waals surface area contributed by atoms with E-state index in [1.807, 2.05) is 55.1 Å². The van der Waals surface area contributed by atoms with Crippen LogP contribution in [0.15, 0.2) is 158 Å². The molecule has 6 nitrogen and oxygen atoms in total. The van der Waals surface area contributed by atoms with Crippen molar-refractivity contribution in [2.24, 2.45) is 0 Å². The van der Waals surface area contributed by atoms with E-state index >= 15 is 0 Å². The average molecular weight is 615 g/mol. The molecule has 0 unspecified atom stereocenters. The summed E-state index contributed by atoms with van der Waals surface area (Å²) in [7, 11) is 0. The van der Waals surface area contributed by atoms with Crippen molar-refractivity contribution in [1.82, 2.24) is 24.5 Å². The standard InChI is InChI=1S/C42H26N6/c1-3-20-44-35(12-1)28-15-17-36-32(22-28)34-23-33-31-11-5-8-27-9-6-13-37(42(27)31)48(38(33)24-39(34)47(36)40-14-2-4-21-45-40)41-18-16-30(26-46-41)29-10-7-19-43-25-29/h1-26H. The predicted molar refractivity (Wildman–Crippen MR) is 194 cm³/mol. The Kier molecular flexibility index (Phi) is 5.77. The minimum Gasteiger partial charge on any atom is -0.294 e. The van der Waals surface area contributed by atoms with E-state index in [1.165, 1.54) is 16.3 Å². The van der Waals surface area contributed by atoms with Gasteiger partial charge in [0.15, 0.2) is 0 Å². The Morgan fingerprint density at radius 2 is 1.29 bits per heavy atom. The van der Waals surface area contributed by atoms with E-state index in [0.29, 0.717) is 0 Å². The van der Waals surface area contributed by atoms with Crippen LogP contribution in [0.25, 0.3) is 71.9 Å². The van der Waals surface area contributed by atoms with Gasteiger partial charge in [-0.05, 0) is 83.7 Å². The van der Waals surface area contributed by atoms with Gasteiger partial charge >= 0.3 is 0 Å². The summed E-state index contributed by atoms with van der Waals surface area (Å²) in [6, 6.07) is 44.7. The summed E-state index contributed by atoms with van der Waals surface area (Å²) in [6.45, 7) is 0. The third-order valence-electron chi connectivity index (χ3n) is 9.35. The molecule has 224 valence electrons. The molecule has 0 radical (unpaired) electrons. The largest absolute Gasteiger partial charge is 0.294 e. The van der Waals surface area contributed by atoms with E-state index in [2.05, 4.69) is 116 Å². The van der Waals surface area contributed by atoms with Crippen LogP contribution in [0.1, 0.15) is 0 Å². The van der Waals surface area contributed by atoms with Gasteiger partial charge in [-0.1, -0.05) is 54.6 Å². The van der Waals surface area contributed by atoms with Crippen LogP contribution < -0.4 is 4.90 Å². The Bertz CT molecular complexity index is 2640. The number of rotatable bonds is 4. The second-order valence-corrected chi connectivity index (χ2v) is 12.0. The Balaban J connectivity index is 1.28. The fourth-order valence-corrected chi connectivity index (χ4v) is 7.21. The molecule has 5 aromatic heterocycles. The first kappa shape index (κ1) is 26.5. The first-order valence-electron chi connectivity index (χ1n) is 16.0. The molecule has 4 aromatic carbocycles. The lowest BCUT2D eigenvalue weighted by molar-refractivity contribution is 1.08.